The first kappa shape index (κ1) is 13.6. The van der Waals surface area contributed by atoms with E-state index >= 15 is 0 Å². The van der Waals surface area contributed by atoms with Gasteiger partial charge in [-0.05, 0) is 0 Å². The van der Waals surface area contributed by atoms with Gasteiger partial charge in [0.05, 0.1) is 0 Å². The van der Waals surface area contributed by atoms with E-state index in [1.54, 1.807) is 6.07 Å². The lowest BCUT2D eigenvalue weighted by Crippen LogP contribution is -2.22. The third-order valence-electron chi connectivity index (χ3n) is 1.84. The van der Waals surface area contributed by atoms with Gasteiger partial charge in [-0.1, -0.05) is 0 Å². The fraction of sp³-hybridized carbons (Fsp3) is 0.375. The highest BCUT2D eigenvalue weighted by atomic mass is 19.4. The molecule has 0 saturated carbocycles. The van der Waals surface area contributed by atoms with Gasteiger partial charge < -0.3 is 16.2 Å². The van der Waals surface area contributed by atoms with E-state index in [0.717, 1.165) is 4.68 Å². The fourth-order valence-electron chi connectivity index (χ4n) is 1.14. The first-order valence-corrected chi connectivity index (χ1v) is 4.53. The lowest BCUT2D eigenvalue weighted by atomic mass is 10.3. The van der Waals surface area contributed by atoms with E-state index in [0.29, 0.717) is 0 Å². The van der Waals surface area contributed by atoms with Crippen LogP contribution in [0.3, 0.4) is 0 Å². The monoisotopic (exact) mass is 263 g/mol. The van der Waals surface area contributed by atoms with Crippen molar-refractivity contribution >= 4 is 17.6 Å². The Hall–Kier alpha value is -2.44. The third-order valence-corrected chi connectivity index (χ3v) is 1.84. The first-order valence-electron chi connectivity index (χ1n) is 4.53. The summed E-state index contributed by atoms with van der Waals surface area (Å²) in [7, 11) is 0. The van der Waals surface area contributed by atoms with Crippen LogP contribution in [0.25, 0.3) is 0 Å². The van der Waals surface area contributed by atoms with Crippen LogP contribution in [0.5, 0.6) is 0 Å². The molecule has 0 aliphatic heterocycles. The van der Waals surface area contributed by atoms with Crippen LogP contribution in [-0.4, -0.2) is 33.6 Å². The topological polar surface area (TPSA) is 117 Å². The summed E-state index contributed by atoms with van der Waals surface area (Å²) in [5.41, 5.74) is 5.08. The Labute approximate surface area is 98.6 Å². The molecule has 0 bridgehead atoms. The van der Waals surface area contributed by atoms with Gasteiger partial charge in [-0.3, -0.25) is 4.79 Å². The minimum Gasteiger partial charge on any atom is -0.480 e. The molecule has 0 radical (unpaired) electrons. The van der Waals surface area contributed by atoms with Crippen LogP contribution < -0.4 is 11.1 Å². The molecule has 10 heteroatoms. The van der Waals surface area contributed by atoms with Gasteiger partial charge in [0.25, 0.3) is 0 Å². The highest BCUT2D eigenvalue weighted by Crippen LogP contribution is 2.22. The number of halogens is 3. The van der Waals surface area contributed by atoms with Crippen LogP contribution in [0.2, 0.25) is 0 Å². The Balaban J connectivity index is 2.98. The van der Waals surface area contributed by atoms with Crippen molar-refractivity contribution in [2.24, 2.45) is 0 Å². The highest BCUT2D eigenvalue weighted by Gasteiger charge is 2.28. The molecule has 98 valence electrons. The molecule has 1 heterocycles. The molecule has 1 rings (SSSR count). The standard InChI is InChI=1S/C8H8F3N5O2/c9-8(10,11)3-14-7-4(1-12)6(13)16(15-7)2-5(17)18/h2-3,13H2,(H,14,15)(H,17,18). The van der Waals surface area contributed by atoms with Crippen LogP contribution in [0, 0.1) is 11.3 Å². The number of nitriles is 1. The van der Waals surface area contributed by atoms with Crippen molar-refractivity contribution in [3.05, 3.63) is 5.56 Å². The summed E-state index contributed by atoms with van der Waals surface area (Å²) in [6.07, 6.45) is -4.49. The number of nitrogen functional groups attached to an aromatic ring is 1. The van der Waals surface area contributed by atoms with Crippen molar-refractivity contribution in [1.29, 1.82) is 5.26 Å². The fourth-order valence-corrected chi connectivity index (χ4v) is 1.14. The highest BCUT2D eigenvalue weighted by molar-refractivity contribution is 5.70. The molecule has 0 atom stereocenters. The maximum atomic E-state index is 12.0. The van der Waals surface area contributed by atoms with Crippen molar-refractivity contribution in [2.75, 3.05) is 17.6 Å². The molecule has 1 aromatic rings. The molecular formula is C8H8F3N5O2. The summed E-state index contributed by atoms with van der Waals surface area (Å²) in [5.74, 6) is -1.98. The van der Waals surface area contributed by atoms with E-state index < -0.39 is 31.1 Å². The van der Waals surface area contributed by atoms with E-state index in [4.69, 9.17) is 16.1 Å². The molecule has 4 N–H and O–H groups in total. The zero-order valence-electron chi connectivity index (χ0n) is 8.82. The number of anilines is 2. The molecule has 0 spiro atoms. The number of nitrogens with one attached hydrogen (secondary N) is 1. The van der Waals surface area contributed by atoms with E-state index in [1.165, 1.54) is 0 Å². The SMILES string of the molecule is N#Cc1c(NCC(F)(F)F)nn(CC(=O)O)c1N. The van der Waals surface area contributed by atoms with Crippen LogP contribution in [0.15, 0.2) is 0 Å². The molecule has 0 aliphatic carbocycles. The Morgan fingerprint density at radius 3 is 2.67 bits per heavy atom. The molecule has 0 aliphatic rings. The number of carbonyl (C=O) groups is 1. The molecule has 7 nitrogen and oxygen atoms in total. The van der Waals surface area contributed by atoms with Crippen molar-refractivity contribution in [3.8, 4) is 6.07 Å². The molecule has 0 unspecified atom stereocenters. The van der Waals surface area contributed by atoms with Gasteiger partial charge in [0, 0.05) is 0 Å². The zero-order valence-corrected chi connectivity index (χ0v) is 8.82. The van der Waals surface area contributed by atoms with Gasteiger partial charge in [0.15, 0.2) is 5.82 Å². The van der Waals surface area contributed by atoms with Crippen LogP contribution in [0.1, 0.15) is 5.56 Å². The molecular weight excluding hydrogens is 255 g/mol. The van der Waals surface area contributed by atoms with Gasteiger partial charge in [-0.15, -0.1) is 0 Å². The minimum atomic E-state index is -4.49. The molecule has 18 heavy (non-hydrogen) atoms. The number of aliphatic carboxylic acids is 1. The van der Waals surface area contributed by atoms with Gasteiger partial charge >= 0.3 is 12.1 Å². The molecule has 0 saturated heterocycles. The molecule has 0 fully saturated rings. The van der Waals surface area contributed by atoms with E-state index in [-0.39, 0.29) is 11.4 Å². The van der Waals surface area contributed by atoms with Crippen molar-refractivity contribution in [2.45, 2.75) is 12.7 Å². The van der Waals surface area contributed by atoms with Gasteiger partial charge in [-0.25, -0.2) is 4.68 Å². The smallest absolute Gasteiger partial charge is 0.405 e. The van der Waals surface area contributed by atoms with Gasteiger partial charge in [0.2, 0.25) is 0 Å². The molecule has 1 aromatic heterocycles. The van der Waals surface area contributed by atoms with E-state index in [9.17, 15) is 18.0 Å². The second-order valence-electron chi connectivity index (χ2n) is 3.24. The second kappa shape index (κ2) is 4.82. The Bertz CT molecular complexity index is 502. The summed E-state index contributed by atoms with van der Waals surface area (Å²) in [5, 5.41) is 22.6. The van der Waals surface area contributed by atoms with Crippen molar-refractivity contribution in [1.82, 2.24) is 9.78 Å². The summed E-state index contributed by atoms with van der Waals surface area (Å²) in [4.78, 5) is 10.4. The van der Waals surface area contributed by atoms with Crippen LogP contribution >= 0.6 is 0 Å². The number of nitrogens with zero attached hydrogens (tertiary/aromatic N) is 3. The quantitative estimate of drug-likeness (QED) is 0.723. The summed E-state index contributed by atoms with van der Waals surface area (Å²) in [6, 6.07) is 1.56. The summed E-state index contributed by atoms with van der Waals surface area (Å²) >= 11 is 0. The van der Waals surface area contributed by atoms with E-state index in [2.05, 4.69) is 5.10 Å². The number of aromatic nitrogens is 2. The molecule has 0 aromatic carbocycles. The van der Waals surface area contributed by atoms with Crippen LogP contribution in [-0.2, 0) is 11.3 Å². The number of carboxylic acids is 1. The van der Waals surface area contributed by atoms with Gasteiger partial charge in [0.1, 0.15) is 30.5 Å². The van der Waals surface area contributed by atoms with Crippen LogP contribution in [0.4, 0.5) is 24.8 Å². The summed E-state index contributed by atoms with van der Waals surface area (Å²) in [6.45, 7) is -2.04. The first-order chi connectivity index (χ1) is 8.24. The number of carboxylic acid groups (broad SMARTS) is 1. The van der Waals surface area contributed by atoms with Crippen molar-refractivity contribution in [3.63, 3.8) is 0 Å². The maximum Gasteiger partial charge on any atom is 0.405 e. The third kappa shape index (κ3) is 3.27. The lowest BCUT2D eigenvalue weighted by Gasteiger charge is -2.06. The number of hydrogen-bond donors (Lipinski definition) is 3. The minimum absolute atomic E-state index is 0.301. The predicted octanol–water partition coefficient (Wildman–Crippen LogP) is 0.396. The number of alkyl halides is 3. The molecule has 0 amide bonds. The Morgan fingerprint density at radius 2 is 2.22 bits per heavy atom. The predicted molar refractivity (Wildman–Crippen MR) is 53.5 cm³/mol. The zero-order chi connectivity index (χ0) is 13.9. The average molecular weight is 263 g/mol. The van der Waals surface area contributed by atoms with E-state index in [1.807, 2.05) is 5.32 Å². The average Bonchev–Trinajstić information content (AvgIpc) is 2.51. The number of hydrogen-bond acceptors (Lipinski definition) is 5. The number of rotatable bonds is 4. The maximum absolute atomic E-state index is 12.0. The lowest BCUT2D eigenvalue weighted by molar-refractivity contribution is -0.137. The normalized spacial score (nSPS) is 11.0. The largest absolute Gasteiger partial charge is 0.480 e. The second-order valence-corrected chi connectivity index (χ2v) is 3.24. The number of nitrogens with two attached hydrogens (primary N) is 1. The van der Waals surface area contributed by atoms with Crippen molar-refractivity contribution < 1.29 is 23.1 Å². The van der Waals surface area contributed by atoms with Gasteiger partial charge in [-0.2, -0.15) is 23.5 Å². The Kier molecular flexibility index (Phi) is 3.65. The summed E-state index contributed by atoms with van der Waals surface area (Å²) < 4.78 is 36.7. The Morgan fingerprint density at radius 1 is 1.61 bits per heavy atom.